The van der Waals surface area contributed by atoms with E-state index in [2.05, 4.69) is 20.1 Å². The predicted molar refractivity (Wildman–Crippen MR) is 101 cm³/mol. The first kappa shape index (κ1) is 21.5. The zero-order chi connectivity index (χ0) is 21.9. The lowest BCUT2D eigenvalue weighted by Crippen LogP contribution is -2.24. The van der Waals surface area contributed by atoms with Crippen LogP contribution in [0.3, 0.4) is 0 Å². The number of ether oxygens (including phenoxy) is 2. The van der Waals surface area contributed by atoms with Crippen LogP contribution in [0.2, 0.25) is 5.02 Å². The van der Waals surface area contributed by atoms with Gasteiger partial charge in [-0.25, -0.2) is 18.4 Å². The summed E-state index contributed by atoms with van der Waals surface area (Å²) in [6, 6.07) is 3.64. The molecule has 12 heteroatoms. The van der Waals surface area contributed by atoms with Crippen LogP contribution in [0.5, 0.6) is 5.88 Å². The maximum atomic E-state index is 13.5. The zero-order valence-corrected chi connectivity index (χ0v) is 17.1. The third-order valence-electron chi connectivity index (χ3n) is 3.62. The molecule has 0 aliphatic rings. The van der Waals surface area contributed by atoms with Crippen LogP contribution in [0.1, 0.15) is 33.6 Å². The number of benzene rings is 1. The molecule has 3 rings (SSSR count). The summed E-state index contributed by atoms with van der Waals surface area (Å²) in [6.45, 7) is 5.44. The molecule has 0 fully saturated rings. The van der Waals surface area contributed by atoms with Crippen molar-refractivity contribution in [3.63, 3.8) is 0 Å². The van der Waals surface area contributed by atoms with Gasteiger partial charge in [0, 0.05) is 6.42 Å². The second-order valence-corrected chi connectivity index (χ2v) is 7.57. The Balaban J connectivity index is 1.74. The topological polar surface area (TPSA) is 122 Å². The van der Waals surface area contributed by atoms with Gasteiger partial charge in [-0.3, -0.25) is 9.32 Å². The number of hydrogen-bond donors (Lipinski definition) is 0. The molecular weight excluding hydrogens is 423 g/mol. The molecule has 0 spiro atoms. The Hall–Kier alpha value is -3.21. The number of rotatable bonds is 7. The summed E-state index contributed by atoms with van der Waals surface area (Å²) >= 11 is 5.79. The number of halogens is 2. The van der Waals surface area contributed by atoms with E-state index < -0.39 is 17.2 Å². The summed E-state index contributed by atoms with van der Waals surface area (Å²) in [5.74, 6) is -2.00. The van der Waals surface area contributed by atoms with Gasteiger partial charge in [-0.1, -0.05) is 16.8 Å². The maximum absolute atomic E-state index is 13.5. The van der Waals surface area contributed by atoms with Crippen molar-refractivity contribution >= 4 is 17.6 Å². The molecule has 0 bridgehead atoms. The molecule has 0 unspecified atom stereocenters. The molecule has 0 amide bonds. The highest BCUT2D eigenvalue weighted by atomic mass is 35.5. The molecule has 0 saturated carbocycles. The predicted octanol–water partition coefficient (Wildman–Crippen LogP) is 3.17. The van der Waals surface area contributed by atoms with Crippen LogP contribution in [-0.4, -0.2) is 38.2 Å². The van der Waals surface area contributed by atoms with Gasteiger partial charge in [-0.05, 0) is 55.7 Å². The highest BCUT2D eigenvalue weighted by Gasteiger charge is 2.24. The standard InChI is InChI=1S/C18H18ClFN4O6/c1-18(2,3)28-13(25)5-4-8-27-16-14(21-30-23-16)15-22-29-17(26)24(15)10-6-7-12(20)11(19)9-10/h6-7,9H,4-5,8H2,1-3H3. The Morgan fingerprint density at radius 2 is 2.03 bits per heavy atom. The van der Waals surface area contributed by atoms with Crippen LogP contribution in [0.4, 0.5) is 4.39 Å². The SMILES string of the molecule is CC(C)(C)OC(=O)CCCOc1nonc1-c1noc(=O)n1-c1ccc(F)c(Cl)c1. The van der Waals surface area contributed by atoms with Crippen molar-refractivity contribution in [2.75, 3.05) is 6.61 Å². The van der Waals surface area contributed by atoms with E-state index in [9.17, 15) is 14.0 Å². The molecule has 30 heavy (non-hydrogen) atoms. The van der Waals surface area contributed by atoms with Gasteiger partial charge in [0.1, 0.15) is 11.4 Å². The molecule has 0 N–H and O–H groups in total. The highest BCUT2D eigenvalue weighted by Crippen LogP contribution is 2.27. The van der Waals surface area contributed by atoms with Crippen molar-refractivity contribution in [3.8, 4) is 23.1 Å². The van der Waals surface area contributed by atoms with Gasteiger partial charge in [0.2, 0.25) is 11.5 Å². The van der Waals surface area contributed by atoms with E-state index in [0.29, 0.717) is 6.42 Å². The van der Waals surface area contributed by atoms with Gasteiger partial charge < -0.3 is 9.47 Å². The number of esters is 1. The third-order valence-corrected chi connectivity index (χ3v) is 3.91. The molecule has 2 heterocycles. The summed E-state index contributed by atoms with van der Waals surface area (Å²) in [6.07, 6.45) is 0.487. The fraction of sp³-hybridized carbons (Fsp3) is 0.389. The molecular formula is C18H18ClFN4O6. The normalized spacial score (nSPS) is 11.5. The third kappa shape index (κ3) is 5.03. The molecule has 3 aromatic rings. The lowest BCUT2D eigenvalue weighted by Gasteiger charge is -2.19. The van der Waals surface area contributed by atoms with Crippen molar-refractivity contribution in [3.05, 3.63) is 39.6 Å². The molecule has 0 radical (unpaired) electrons. The van der Waals surface area contributed by atoms with E-state index in [1.807, 2.05) is 0 Å². The summed E-state index contributed by atoms with van der Waals surface area (Å²) in [5, 5.41) is 10.8. The first-order valence-electron chi connectivity index (χ1n) is 8.87. The second-order valence-electron chi connectivity index (χ2n) is 7.16. The summed E-state index contributed by atoms with van der Waals surface area (Å²) < 4.78 is 34.6. The Bertz CT molecular complexity index is 1100. The molecule has 1 aromatic carbocycles. The number of carbonyl (C=O) groups excluding carboxylic acids is 1. The van der Waals surface area contributed by atoms with Gasteiger partial charge in [-0.2, -0.15) is 0 Å². The molecule has 0 aliphatic heterocycles. The maximum Gasteiger partial charge on any atom is 0.446 e. The minimum absolute atomic E-state index is 0.0152. The van der Waals surface area contributed by atoms with Crippen LogP contribution in [0, 0.1) is 5.82 Å². The van der Waals surface area contributed by atoms with Gasteiger partial charge in [0.25, 0.3) is 5.88 Å². The van der Waals surface area contributed by atoms with Crippen LogP contribution in [0.15, 0.2) is 32.1 Å². The lowest BCUT2D eigenvalue weighted by molar-refractivity contribution is -0.155. The Kier molecular flexibility index (Phi) is 6.20. The smallest absolute Gasteiger partial charge is 0.446 e. The van der Waals surface area contributed by atoms with Crippen LogP contribution in [-0.2, 0) is 9.53 Å². The van der Waals surface area contributed by atoms with Crippen LogP contribution >= 0.6 is 11.6 Å². The van der Waals surface area contributed by atoms with E-state index in [-0.39, 0.29) is 47.1 Å². The first-order chi connectivity index (χ1) is 14.2. The number of carbonyl (C=O) groups is 1. The monoisotopic (exact) mass is 440 g/mol. The number of nitrogens with zero attached hydrogens (tertiary/aromatic N) is 4. The van der Waals surface area contributed by atoms with E-state index in [1.165, 1.54) is 12.1 Å². The Morgan fingerprint density at radius 1 is 1.27 bits per heavy atom. The average molecular weight is 441 g/mol. The van der Waals surface area contributed by atoms with Crippen molar-refractivity contribution in [1.82, 2.24) is 20.0 Å². The van der Waals surface area contributed by atoms with E-state index >= 15 is 0 Å². The average Bonchev–Trinajstić information content (AvgIpc) is 3.26. The zero-order valence-electron chi connectivity index (χ0n) is 16.3. The fourth-order valence-electron chi connectivity index (χ4n) is 2.44. The molecule has 0 atom stereocenters. The van der Waals surface area contributed by atoms with Crippen LogP contribution < -0.4 is 10.5 Å². The molecule has 160 valence electrons. The Morgan fingerprint density at radius 3 is 2.73 bits per heavy atom. The second kappa shape index (κ2) is 8.66. The molecule has 10 nitrogen and oxygen atoms in total. The van der Waals surface area contributed by atoms with Crippen molar-refractivity contribution in [2.45, 2.75) is 39.2 Å². The van der Waals surface area contributed by atoms with Crippen LogP contribution in [0.25, 0.3) is 17.2 Å². The fourth-order valence-corrected chi connectivity index (χ4v) is 2.62. The van der Waals surface area contributed by atoms with Crippen molar-refractivity contribution < 1.29 is 27.8 Å². The minimum atomic E-state index is -0.855. The number of aromatic nitrogens is 4. The molecule has 0 aliphatic carbocycles. The van der Waals surface area contributed by atoms with Gasteiger partial charge in [0.15, 0.2) is 0 Å². The lowest BCUT2D eigenvalue weighted by atomic mass is 10.2. The van der Waals surface area contributed by atoms with E-state index in [4.69, 9.17) is 25.6 Å². The van der Waals surface area contributed by atoms with E-state index in [0.717, 1.165) is 10.6 Å². The van der Waals surface area contributed by atoms with Gasteiger partial charge in [0.05, 0.1) is 17.3 Å². The first-order valence-corrected chi connectivity index (χ1v) is 9.25. The van der Waals surface area contributed by atoms with E-state index in [1.54, 1.807) is 20.8 Å². The minimum Gasteiger partial charge on any atom is -0.474 e. The number of hydrogen-bond acceptors (Lipinski definition) is 9. The quantitative estimate of drug-likeness (QED) is 0.402. The van der Waals surface area contributed by atoms with Crippen molar-refractivity contribution in [1.29, 1.82) is 0 Å². The van der Waals surface area contributed by atoms with Gasteiger partial charge in [-0.15, -0.1) is 0 Å². The van der Waals surface area contributed by atoms with Gasteiger partial charge >= 0.3 is 11.7 Å². The molecule has 2 aromatic heterocycles. The van der Waals surface area contributed by atoms with Crippen molar-refractivity contribution in [2.24, 2.45) is 0 Å². The summed E-state index contributed by atoms with van der Waals surface area (Å²) in [5.41, 5.74) is -0.388. The largest absolute Gasteiger partial charge is 0.474 e. The highest BCUT2D eigenvalue weighted by molar-refractivity contribution is 6.30. The Labute approximate surface area is 174 Å². The molecule has 0 saturated heterocycles. The summed E-state index contributed by atoms with van der Waals surface area (Å²) in [4.78, 5) is 23.9. The summed E-state index contributed by atoms with van der Waals surface area (Å²) in [7, 11) is 0.